The number of aromatic amines is 1. The minimum atomic E-state index is -1.05. The third-order valence-electron chi connectivity index (χ3n) is 3.35. The van der Waals surface area contributed by atoms with Gasteiger partial charge in [-0.25, -0.2) is 9.78 Å². The van der Waals surface area contributed by atoms with Crippen LogP contribution in [0.5, 0.6) is 0 Å². The van der Waals surface area contributed by atoms with Gasteiger partial charge in [-0.3, -0.25) is 4.79 Å². The van der Waals surface area contributed by atoms with Crippen molar-refractivity contribution in [1.29, 1.82) is 0 Å². The Morgan fingerprint density at radius 3 is 2.77 bits per heavy atom. The number of imidazole rings is 1. The molecule has 1 rings (SSSR count). The zero-order valence-corrected chi connectivity index (χ0v) is 13.1. The van der Waals surface area contributed by atoms with Gasteiger partial charge in [0.05, 0.1) is 6.33 Å². The molecule has 0 spiro atoms. The average Bonchev–Trinajstić information content (AvgIpc) is 2.98. The van der Waals surface area contributed by atoms with Crippen molar-refractivity contribution in [2.45, 2.75) is 51.5 Å². The molecular formula is C15H26N4O3. The molecule has 0 aromatic carbocycles. The molecule has 0 saturated heterocycles. The van der Waals surface area contributed by atoms with Gasteiger partial charge in [0.25, 0.3) is 0 Å². The van der Waals surface area contributed by atoms with Crippen molar-refractivity contribution in [3.8, 4) is 0 Å². The van der Waals surface area contributed by atoms with E-state index in [1.54, 1.807) is 6.20 Å². The van der Waals surface area contributed by atoms with Gasteiger partial charge in [-0.05, 0) is 13.0 Å². The molecule has 0 radical (unpaired) electrons. The molecule has 1 aromatic rings. The predicted molar refractivity (Wildman–Crippen MR) is 83.5 cm³/mol. The van der Waals surface area contributed by atoms with Crippen LogP contribution in [0.3, 0.4) is 0 Å². The Kier molecular flexibility index (Phi) is 8.90. The van der Waals surface area contributed by atoms with E-state index >= 15 is 0 Å². The molecule has 0 saturated carbocycles. The van der Waals surface area contributed by atoms with E-state index in [1.807, 2.05) is 0 Å². The molecule has 7 nitrogen and oxygen atoms in total. The molecule has 1 amide bonds. The van der Waals surface area contributed by atoms with Crippen molar-refractivity contribution in [2.24, 2.45) is 0 Å². The largest absolute Gasteiger partial charge is 0.480 e. The quantitative estimate of drug-likeness (QED) is 0.432. The van der Waals surface area contributed by atoms with Gasteiger partial charge in [0.1, 0.15) is 6.04 Å². The van der Waals surface area contributed by atoms with Gasteiger partial charge in [-0.1, -0.05) is 26.2 Å². The normalized spacial score (nSPS) is 12.0. The number of amides is 1. The van der Waals surface area contributed by atoms with E-state index in [1.165, 1.54) is 25.6 Å². The van der Waals surface area contributed by atoms with E-state index in [0.29, 0.717) is 12.2 Å². The summed E-state index contributed by atoms with van der Waals surface area (Å²) in [6.45, 7) is 3.62. The number of hydrogen-bond acceptors (Lipinski definition) is 4. The lowest BCUT2D eigenvalue weighted by Crippen LogP contribution is -2.43. The highest BCUT2D eigenvalue weighted by Crippen LogP contribution is 2.00. The molecule has 0 fully saturated rings. The van der Waals surface area contributed by atoms with Crippen LogP contribution in [0.4, 0.5) is 0 Å². The first-order valence-electron chi connectivity index (χ1n) is 7.83. The van der Waals surface area contributed by atoms with Gasteiger partial charge in [-0.15, -0.1) is 0 Å². The molecule has 124 valence electrons. The number of carbonyl (C=O) groups is 2. The fraction of sp³-hybridized carbons (Fsp3) is 0.667. The van der Waals surface area contributed by atoms with Crippen molar-refractivity contribution in [2.75, 3.05) is 13.1 Å². The van der Waals surface area contributed by atoms with Crippen LogP contribution in [0.2, 0.25) is 0 Å². The Labute approximate surface area is 130 Å². The lowest BCUT2D eigenvalue weighted by molar-refractivity contribution is -0.141. The molecule has 0 unspecified atom stereocenters. The highest BCUT2D eigenvalue weighted by molar-refractivity contribution is 5.83. The summed E-state index contributed by atoms with van der Waals surface area (Å²) >= 11 is 0. The first kappa shape index (κ1) is 18.2. The summed E-state index contributed by atoms with van der Waals surface area (Å²) in [5, 5.41) is 14.9. The van der Waals surface area contributed by atoms with Crippen LogP contribution in [0.25, 0.3) is 0 Å². The molecule has 22 heavy (non-hydrogen) atoms. The number of nitrogens with one attached hydrogen (secondary N) is 3. The van der Waals surface area contributed by atoms with E-state index in [2.05, 4.69) is 27.5 Å². The summed E-state index contributed by atoms with van der Waals surface area (Å²) in [5.74, 6) is -1.30. The molecule has 7 heteroatoms. The van der Waals surface area contributed by atoms with Crippen molar-refractivity contribution < 1.29 is 14.7 Å². The van der Waals surface area contributed by atoms with Gasteiger partial charge < -0.3 is 20.7 Å². The standard InChI is InChI=1S/C15H26N4O3/c1-2-3-4-5-7-16-8-6-14(20)19-13(15(21)22)9-12-10-17-11-18-12/h10-11,13,16H,2-9H2,1H3,(H,17,18)(H,19,20)(H,21,22)/t13-/m0/s1. The zero-order chi connectivity index (χ0) is 16.2. The third kappa shape index (κ3) is 7.78. The molecule has 0 aliphatic heterocycles. The maximum Gasteiger partial charge on any atom is 0.326 e. The van der Waals surface area contributed by atoms with Crippen molar-refractivity contribution >= 4 is 11.9 Å². The maximum atomic E-state index is 11.8. The lowest BCUT2D eigenvalue weighted by atomic mass is 10.1. The second-order valence-electron chi connectivity index (χ2n) is 5.30. The maximum absolute atomic E-state index is 11.8. The Hall–Kier alpha value is -1.89. The van der Waals surface area contributed by atoms with Crippen molar-refractivity contribution in [3.05, 3.63) is 18.2 Å². The van der Waals surface area contributed by atoms with Crippen molar-refractivity contribution in [1.82, 2.24) is 20.6 Å². The van der Waals surface area contributed by atoms with Crippen LogP contribution in [-0.4, -0.2) is 46.1 Å². The van der Waals surface area contributed by atoms with E-state index in [4.69, 9.17) is 5.11 Å². The monoisotopic (exact) mass is 310 g/mol. The first-order valence-corrected chi connectivity index (χ1v) is 7.83. The summed E-state index contributed by atoms with van der Waals surface area (Å²) in [6.07, 6.45) is 8.25. The molecule has 0 aliphatic carbocycles. The van der Waals surface area contributed by atoms with Crippen molar-refractivity contribution in [3.63, 3.8) is 0 Å². The summed E-state index contributed by atoms with van der Waals surface area (Å²) in [6, 6.07) is -0.933. The van der Waals surface area contributed by atoms with Gasteiger partial charge in [-0.2, -0.15) is 0 Å². The van der Waals surface area contributed by atoms with Gasteiger partial charge in [0, 0.05) is 31.3 Å². The van der Waals surface area contributed by atoms with E-state index in [0.717, 1.165) is 13.0 Å². The Morgan fingerprint density at radius 2 is 2.14 bits per heavy atom. The number of H-pyrrole nitrogens is 1. The van der Waals surface area contributed by atoms with Crippen LogP contribution >= 0.6 is 0 Å². The van der Waals surface area contributed by atoms with E-state index < -0.39 is 12.0 Å². The number of aliphatic carboxylic acids is 1. The van der Waals surface area contributed by atoms with E-state index in [-0.39, 0.29) is 18.7 Å². The minimum absolute atomic E-state index is 0.200. The number of nitrogens with zero attached hydrogens (tertiary/aromatic N) is 1. The van der Waals surface area contributed by atoms with Gasteiger partial charge in [0.2, 0.25) is 5.91 Å². The summed E-state index contributed by atoms with van der Waals surface area (Å²) in [4.78, 5) is 29.6. The second kappa shape index (κ2) is 10.8. The number of carbonyl (C=O) groups excluding carboxylic acids is 1. The molecule has 1 aromatic heterocycles. The first-order chi connectivity index (χ1) is 10.6. The van der Waals surface area contributed by atoms with Crippen LogP contribution in [-0.2, 0) is 16.0 Å². The number of unbranched alkanes of at least 4 members (excludes halogenated alkanes) is 3. The average molecular weight is 310 g/mol. The molecular weight excluding hydrogens is 284 g/mol. The molecule has 4 N–H and O–H groups in total. The van der Waals surface area contributed by atoms with Gasteiger partial charge >= 0.3 is 5.97 Å². The lowest BCUT2D eigenvalue weighted by Gasteiger charge is -2.13. The highest BCUT2D eigenvalue weighted by Gasteiger charge is 2.20. The van der Waals surface area contributed by atoms with Crippen LogP contribution < -0.4 is 10.6 Å². The second-order valence-corrected chi connectivity index (χ2v) is 5.30. The predicted octanol–water partition coefficient (Wildman–Crippen LogP) is 1.08. The molecule has 0 bridgehead atoms. The Bertz CT molecular complexity index is 434. The topological polar surface area (TPSA) is 107 Å². The molecule has 0 aliphatic rings. The van der Waals surface area contributed by atoms with Crippen LogP contribution in [0.1, 0.15) is 44.7 Å². The van der Waals surface area contributed by atoms with Gasteiger partial charge in [0.15, 0.2) is 0 Å². The number of hydrogen-bond donors (Lipinski definition) is 4. The Morgan fingerprint density at radius 1 is 1.32 bits per heavy atom. The van der Waals surface area contributed by atoms with Crippen LogP contribution in [0, 0.1) is 0 Å². The van der Waals surface area contributed by atoms with Crippen LogP contribution in [0.15, 0.2) is 12.5 Å². The number of carboxylic acid groups (broad SMARTS) is 1. The number of carboxylic acids is 1. The Balaban J connectivity index is 2.19. The minimum Gasteiger partial charge on any atom is -0.480 e. The fourth-order valence-corrected chi connectivity index (χ4v) is 2.09. The smallest absolute Gasteiger partial charge is 0.326 e. The summed E-state index contributed by atoms with van der Waals surface area (Å²) < 4.78 is 0. The number of aromatic nitrogens is 2. The third-order valence-corrected chi connectivity index (χ3v) is 3.35. The zero-order valence-electron chi connectivity index (χ0n) is 13.1. The number of rotatable bonds is 12. The molecule has 1 heterocycles. The molecule has 1 atom stereocenters. The summed E-state index contributed by atoms with van der Waals surface area (Å²) in [5.41, 5.74) is 0.682. The van der Waals surface area contributed by atoms with E-state index in [9.17, 15) is 9.59 Å². The highest BCUT2D eigenvalue weighted by atomic mass is 16.4. The fourth-order valence-electron chi connectivity index (χ4n) is 2.09. The summed E-state index contributed by atoms with van der Waals surface area (Å²) in [7, 11) is 0. The SMILES string of the molecule is CCCCCCNCCC(=O)N[C@@H](Cc1cnc[nH]1)C(=O)O.